The maximum Gasteiger partial charge on any atom is 0.419 e. The zero-order valence-corrected chi connectivity index (χ0v) is 7.18. The van der Waals surface area contributed by atoms with Crippen LogP contribution in [0.3, 0.4) is 0 Å². The van der Waals surface area contributed by atoms with Gasteiger partial charge in [0.25, 0.3) is 0 Å². The molecule has 1 rings (SSSR count). The van der Waals surface area contributed by atoms with Gasteiger partial charge in [-0.05, 0) is 6.92 Å². The standard InChI is InChI=1S/C8H7F3O3/c1-4-5(2-7(12)13)6(3-14-4)8(9,10)11/h3H,2H2,1H3,(H,12,13). The lowest BCUT2D eigenvalue weighted by molar-refractivity contribution is -0.139. The third-order valence-electron chi connectivity index (χ3n) is 1.74. The smallest absolute Gasteiger partial charge is 0.419 e. The average Bonchev–Trinajstić information content (AvgIpc) is 2.30. The molecule has 3 nitrogen and oxygen atoms in total. The fourth-order valence-electron chi connectivity index (χ4n) is 1.09. The molecular formula is C8H7F3O3. The van der Waals surface area contributed by atoms with Gasteiger partial charge in [-0.2, -0.15) is 13.2 Å². The van der Waals surface area contributed by atoms with Crippen molar-refractivity contribution in [3.8, 4) is 0 Å². The molecule has 1 heterocycles. The third kappa shape index (κ3) is 2.07. The van der Waals surface area contributed by atoms with Crippen molar-refractivity contribution < 1.29 is 27.5 Å². The fraction of sp³-hybridized carbons (Fsp3) is 0.375. The molecule has 0 fully saturated rings. The van der Waals surface area contributed by atoms with Crippen molar-refractivity contribution >= 4 is 5.97 Å². The van der Waals surface area contributed by atoms with Crippen molar-refractivity contribution in [2.75, 3.05) is 0 Å². The number of aryl methyl sites for hydroxylation is 1. The SMILES string of the molecule is Cc1occ(C(F)(F)F)c1CC(=O)O. The van der Waals surface area contributed by atoms with Gasteiger partial charge in [-0.1, -0.05) is 0 Å². The van der Waals surface area contributed by atoms with E-state index in [4.69, 9.17) is 5.11 Å². The molecule has 0 aliphatic carbocycles. The van der Waals surface area contributed by atoms with Crippen LogP contribution in [0.1, 0.15) is 16.9 Å². The van der Waals surface area contributed by atoms with Crippen molar-refractivity contribution in [2.24, 2.45) is 0 Å². The van der Waals surface area contributed by atoms with Gasteiger partial charge in [-0.15, -0.1) is 0 Å². The molecular weight excluding hydrogens is 201 g/mol. The highest BCUT2D eigenvalue weighted by Gasteiger charge is 2.36. The van der Waals surface area contributed by atoms with Crippen molar-refractivity contribution in [2.45, 2.75) is 19.5 Å². The first-order valence-electron chi connectivity index (χ1n) is 3.68. The second-order valence-corrected chi connectivity index (χ2v) is 2.75. The van der Waals surface area contributed by atoms with Crippen LogP contribution >= 0.6 is 0 Å². The maximum absolute atomic E-state index is 12.3. The highest BCUT2D eigenvalue weighted by atomic mass is 19.4. The molecule has 14 heavy (non-hydrogen) atoms. The van der Waals surface area contributed by atoms with Crippen LogP contribution in [0, 0.1) is 6.92 Å². The van der Waals surface area contributed by atoms with Crippen LogP contribution in [0.4, 0.5) is 13.2 Å². The summed E-state index contributed by atoms with van der Waals surface area (Å²) >= 11 is 0. The van der Waals surface area contributed by atoms with Gasteiger partial charge >= 0.3 is 12.1 Å². The Morgan fingerprint density at radius 3 is 2.57 bits per heavy atom. The Balaban J connectivity index is 3.13. The summed E-state index contributed by atoms with van der Waals surface area (Å²) in [6, 6.07) is 0. The minimum Gasteiger partial charge on any atom is -0.481 e. The van der Waals surface area contributed by atoms with E-state index in [1.807, 2.05) is 0 Å². The van der Waals surface area contributed by atoms with E-state index in [9.17, 15) is 18.0 Å². The van der Waals surface area contributed by atoms with Gasteiger partial charge in [0.05, 0.1) is 12.0 Å². The Labute approximate surface area is 77.1 Å². The number of rotatable bonds is 2. The molecule has 0 aromatic carbocycles. The van der Waals surface area contributed by atoms with Crippen molar-refractivity contribution in [1.82, 2.24) is 0 Å². The van der Waals surface area contributed by atoms with Crippen molar-refractivity contribution in [3.05, 3.63) is 23.2 Å². The molecule has 1 N–H and O–H groups in total. The molecule has 0 spiro atoms. The van der Waals surface area contributed by atoms with E-state index >= 15 is 0 Å². The molecule has 0 saturated carbocycles. The Morgan fingerprint density at radius 2 is 2.14 bits per heavy atom. The number of hydrogen-bond donors (Lipinski definition) is 1. The first-order valence-corrected chi connectivity index (χ1v) is 3.68. The lowest BCUT2D eigenvalue weighted by Crippen LogP contribution is -2.10. The summed E-state index contributed by atoms with van der Waals surface area (Å²) in [5, 5.41) is 8.39. The first-order chi connectivity index (χ1) is 6.32. The van der Waals surface area contributed by atoms with E-state index in [0.29, 0.717) is 6.26 Å². The molecule has 0 aliphatic rings. The van der Waals surface area contributed by atoms with Crippen LogP contribution in [-0.2, 0) is 17.4 Å². The number of aliphatic carboxylic acids is 1. The van der Waals surface area contributed by atoms with Crippen LogP contribution in [0.25, 0.3) is 0 Å². The number of alkyl halides is 3. The lowest BCUT2D eigenvalue weighted by atomic mass is 10.1. The van der Waals surface area contributed by atoms with Gasteiger partial charge in [-0.25, -0.2) is 0 Å². The molecule has 1 aromatic heterocycles. The fourth-order valence-corrected chi connectivity index (χ4v) is 1.09. The summed E-state index contributed by atoms with van der Waals surface area (Å²) in [5.74, 6) is -1.33. The minimum atomic E-state index is -4.57. The quantitative estimate of drug-likeness (QED) is 0.810. The molecule has 78 valence electrons. The zero-order chi connectivity index (χ0) is 10.9. The van der Waals surface area contributed by atoms with Gasteiger partial charge in [0.2, 0.25) is 0 Å². The molecule has 0 saturated heterocycles. The highest BCUT2D eigenvalue weighted by molar-refractivity contribution is 5.71. The molecule has 1 aromatic rings. The summed E-state index contributed by atoms with van der Waals surface area (Å²) in [7, 11) is 0. The van der Waals surface area contributed by atoms with Gasteiger partial charge in [-0.3, -0.25) is 4.79 Å². The molecule has 0 unspecified atom stereocenters. The summed E-state index contributed by atoms with van der Waals surface area (Å²) in [6.45, 7) is 1.30. The van der Waals surface area contributed by atoms with E-state index in [1.165, 1.54) is 6.92 Å². The number of hydrogen-bond acceptors (Lipinski definition) is 2. The van der Waals surface area contributed by atoms with Crippen LogP contribution in [0.5, 0.6) is 0 Å². The zero-order valence-electron chi connectivity index (χ0n) is 7.18. The van der Waals surface area contributed by atoms with Crippen molar-refractivity contribution in [3.63, 3.8) is 0 Å². The number of carbonyl (C=O) groups is 1. The summed E-state index contributed by atoms with van der Waals surface area (Å²) in [5.41, 5.74) is -1.33. The predicted octanol–water partition coefficient (Wildman–Crippen LogP) is 2.23. The van der Waals surface area contributed by atoms with Crippen LogP contribution in [0.15, 0.2) is 10.7 Å². The van der Waals surface area contributed by atoms with E-state index in [-0.39, 0.29) is 11.3 Å². The maximum atomic E-state index is 12.3. The summed E-state index contributed by atoms with van der Waals surface area (Å²) in [4.78, 5) is 10.3. The lowest BCUT2D eigenvalue weighted by Gasteiger charge is -2.05. The first kappa shape index (κ1) is 10.6. The average molecular weight is 208 g/mol. The molecule has 0 radical (unpaired) electrons. The Morgan fingerprint density at radius 1 is 1.57 bits per heavy atom. The molecule has 0 bridgehead atoms. The van der Waals surface area contributed by atoms with Crippen LogP contribution in [0.2, 0.25) is 0 Å². The van der Waals surface area contributed by atoms with Crippen molar-refractivity contribution in [1.29, 1.82) is 0 Å². The monoisotopic (exact) mass is 208 g/mol. The summed E-state index contributed by atoms with van der Waals surface area (Å²) in [6.07, 6.45) is -4.71. The number of carboxylic acids is 1. The normalized spacial score (nSPS) is 11.7. The van der Waals surface area contributed by atoms with E-state index < -0.39 is 24.1 Å². The second kappa shape index (κ2) is 3.36. The van der Waals surface area contributed by atoms with Gasteiger partial charge in [0.1, 0.15) is 12.0 Å². The Bertz CT molecular complexity index is 351. The third-order valence-corrected chi connectivity index (χ3v) is 1.74. The summed E-state index contributed by atoms with van der Waals surface area (Å²) < 4.78 is 41.3. The van der Waals surface area contributed by atoms with Gasteiger partial charge in [0, 0.05) is 5.56 Å². The van der Waals surface area contributed by atoms with E-state index in [0.717, 1.165) is 0 Å². The minimum absolute atomic E-state index is 0.0141. The predicted molar refractivity (Wildman–Crippen MR) is 39.8 cm³/mol. The second-order valence-electron chi connectivity index (χ2n) is 2.75. The highest BCUT2D eigenvalue weighted by Crippen LogP contribution is 2.34. The Kier molecular flexibility index (Phi) is 2.55. The number of carboxylic acid groups (broad SMARTS) is 1. The van der Waals surface area contributed by atoms with Gasteiger partial charge in [0.15, 0.2) is 0 Å². The molecule has 0 atom stereocenters. The molecule has 0 aliphatic heterocycles. The van der Waals surface area contributed by atoms with Crippen LogP contribution in [-0.4, -0.2) is 11.1 Å². The number of furan rings is 1. The molecule has 0 amide bonds. The van der Waals surface area contributed by atoms with Crippen LogP contribution < -0.4 is 0 Å². The Hall–Kier alpha value is -1.46. The number of halogens is 3. The largest absolute Gasteiger partial charge is 0.481 e. The topological polar surface area (TPSA) is 50.4 Å². The van der Waals surface area contributed by atoms with E-state index in [2.05, 4.69) is 4.42 Å². The molecule has 6 heteroatoms. The van der Waals surface area contributed by atoms with Gasteiger partial charge < -0.3 is 9.52 Å². The van der Waals surface area contributed by atoms with E-state index in [1.54, 1.807) is 0 Å².